The fraction of sp³-hybridized carbons (Fsp3) is 0.133. The number of nitrogens with zero attached hydrogens (tertiary/aromatic N) is 4. The van der Waals surface area contributed by atoms with E-state index in [1.54, 1.807) is 12.3 Å². The zero-order valence-corrected chi connectivity index (χ0v) is 11.8. The van der Waals surface area contributed by atoms with Crippen LogP contribution in [0.1, 0.15) is 5.56 Å². The number of pyridine rings is 1. The monoisotopic (exact) mass is 282 g/mol. The predicted octanol–water partition coefficient (Wildman–Crippen LogP) is 3.63. The average molecular weight is 283 g/mol. The van der Waals surface area contributed by atoms with Crippen molar-refractivity contribution in [2.24, 2.45) is 7.05 Å². The second-order valence-corrected chi connectivity index (χ2v) is 5.41. The Hall–Kier alpha value is -2.20. The van der Waals surface area contributed by atoms with E-state index < -0.39 is 0 Å². The molecule has 0 saturated carbocycles. The van der Waals surface area contributed by atoms with Gasteiger partial charge in [-0.1, -0.05) is 23.2 Å². The zero-order chi connectivity index (χ0) is 13.9. The summed E-state index contributed by atoms with van der Waals surface area (Å²) in [6.07, 6.45) is 1.59. The summed E-state index contributed by atoms with van der Waals surface area (Å²) in [5, 5.41) is 1.68. The Labute approximate surface area is 120 Å². The summed E-state index contributed by atoms with van der Waals surface area (Å²) in [4.78, 5) is 13.6. The SMILES string of the molecule is Cc1ccc2c(c1)c1nc3cc(Cl)cnc3nc1n2C. The molecule has 3 aromatic heterocycles. The first-order chi connectivity index (χ1) is 9.63. The third kappa shape index (κ3) is 1.51. The van der Waals surface area contributed by atoms with E-state index in [0.29, 0.717) is 10.7 Å². The van der Waals surface area contributed by atoms with Gasteiger partial charge in [-0.15, -0.1) is 0 Å². The van der Waals surface area contributed by atoms with Crippen LogP contribution >= 0.6 is 11.6 Å². The molecule has 20 heavy (non-hydrogen) atoms. The summed E-state index contributed by atoms with van der Waals surface area (Å²) in [7, 11) is 2.00. The number of halogens is 1. The van der Waals surface area contributed by atoms with Gasteiger partial charge in [-0.3, -0.25) is 0 Å². The molecule has 0 radical (unpaired) electrons. The van der Waals surface area contributed by atoms with Crippen LogP contribution in [0.25, 0.3) is 33.2 Å². The van der Waals surface area contributed by atoms with Crippen molar-refractivity contribution < 1.29 is 0 Å². The topological polar surface area (TPSA) is 43.6 Å². The highest BCUT2D eigenvalue weighted by atomic mass is 35.5. The summed E-state index contributed by atoms with van der Waals surface area (Å²) >= 11 is 5.98. The lowest BCUT2D eigenvalue weighted by atomic mass is 10.2. The minimum absolute atomic E-state index is 0.572. The van der Waals surface area contributed by atoms with Gasteiger partial charge < -0.3 is 4.57 Å². The van der Waals surface area contributed by atoms with E-state index in [0.717, 1.165) is 27.6 Å². The Morgan fingerprint density at radius 3 is 2.85 bits per heavy atom. The van der Waals surface area contributed by atoms with E-state index in [9.17, 15) is 0 Å². The molecule has 0 amide bonds. The van der Waals surface area contributed by atoms with Crippen LogP contribution in [-0.2, 0) is 7.05 Å². The Morgan fingerprint density at radius 1 is 1.15 bits per heavy atom. The molecule has 1 aromatic carbocycles. The fourth-order valence-corrected chi connectivity index (χ4v) is 2.73. The van der Waals surface area contributed by atoms with Crippen LogP contribution in [0.15, 0.2) is 30.5 Å². The van der Waals surface area contributed by atoms with Crippen LogP contribution in [0.2, 0.25) is 5.02 Å². The normalized spacial score (nSPS) is 11.8. The minimum Gasteiger partial charge on any atom is -0.327 e. The van der Waals surface area contributed by atoms with Gasteiger partial charge in [-0.2, -0.15) is 0 Å². The second kappa shape index (κ2) is 3.90. The third-order valence-corrected chi connectivity index (χ3v) is 3.76. The van der Waals surface area contributed by atoms with Gasteiger partial charge in [0.25, 0.3) is 0 Å². The highest BCUT2D eigenvalue weighted by Gasteiger charge is 2.12. The first-order valence-corrected chi connectivity index (χ1v) is 6.69. The van der Waals surface area contributed by atoms with Crippen LogP contribution in [0.5, 0.6) is 0 Å². The number of aryl methyl sites for hydroxylation is 2. The largest absolute Gasteiger partial charge is 0.327 e. The first kappa shape index (κ1) is 11.6. The van der Waals surface area contributed by atoms with Crippen molar-refractivity contribution in [3.05, 3.63) is 41.0 Å². The second-order valence-electron chi connectivity index (χ2n) is 4.97. The van der Waals surface area contributed by atoms with E-state index in [4.69, 9.17) is 16.6 Å². The third-order valence-electron chi connectivity index (χ3n) is 3.56. The molecule has 0 aliphatic rings. The van der Waals surface area contributed by atoms with Crippen LogP contribution in [0.4, 0.5) is 0 Å². The van der Waals surface area contributed by atoms with E-state index in [-0.39, 0.29) is 0 Å². The van der Waals surface area contributed by atoms with Crippen LogP contribution < -0.4 is 0 Å². The summed E-state index contributed by atoms with van der Waals surface area (Å²) in [5.41, 5.74) is 5.39. The van der Waals surface area contributed by atoms with Crippen molar-refractivity contribution in [3.8, 4) is 0 Å². The lowest BCUT2D eigenvalue weighted by Gasteiger charge is -1.99. The minimum atomic E-state index is 0.572. The van der Waals surface area contributed by atoms with Crippen molar-refractivity contribution in [2.45, 2.75) is 6.92 Å². The van der Waals surface area contributed by atoms with Crippen molar-refractivity contribution in [1.82, 2.24) is 19.5 Å². The van der Waals surface area contributed by atoms with Gasteiger partial charge >= 0.3 is 0 Å². The molecule has 5 heteroatoms. The van der Waals surface area contributed by atoms with Crippen molar-refractivity contribution in [3.63, 3.8) is 0 Å². The van der Waals surface area contributed by atoms with E-state index in [1.807, 2.05) is 11.6 Å². The average Bonchev–Trinajstić information content (AvgIpc) is 2.69. The van der Waals surface area contributed by atoms with Gasteiger partial charge in [0.2, 0.25) is 0 Å². The Balaban J connectivity index is 2.26. The van der Waals surface area contributed by atoms with E-state index in [1.165, 1.54) is 5.56 Å². The summed E-state index contributed by atoms with van der Waals surface area (Å²) < 4.78 is 2.05. The van der Waals surface area contributed by atoms with Crippen LogP contribution in [-0.4, -0.2) is 19.5 Å². The maximum Gasteiger partial charge on any atom is 0.180 e. The van der Waals surface area contributed by atoms with Gasteiger partial charge in [0.15, 0.2) is 11.3 Å². The molecule has 0 bridgehead atoms. The summed E-state index contributed by atoms with van der Waals surface area (Å²) in [6.45, 7) is 2.07. The molecule has 0 aliphatic heterocycles. The number of aromatic nitrogens is 4. The molecule has 0 N–H and O–H groups in total. The molecular formula is C15H11ClN4. The van der Waals surface area contributed by atoms with Crippen molar-refractivity contribution >= 4 is 44.8 Å². The Bertz CT molecular complexity index is 988. The molecule has 0 saturated heterocycles. The Morgan fingerprint density at radius 2 is 2.00 bits per heavy atom. The zero-order valence-electron chi connectivity index (χ0n) is 11.1. The molecule has 0 atom stereocenters. The van der Waals surface area contributed by atoms with Gasteiger partial charge in [0, 0.05) is 18.6 Å². The standard InChI is InChI=1S/C15H11ClN4/c1-8-3-4-12-10(5-8)13-15(20(12)2)19-14-11(18-13)6-9(16)7-17-14/h3-7H,1-2H3. The van der Waals surface area contributed by atoms with Crippen molar-refractivity contribution in [2.75, 3.05) is 0 Å². The number of rotatable bonds is 0. The smallest absolute Gasteiger partial charge is 0.180 e. The fourth-order valence-electron chi connectivity index (χ4n) is 2.57. The number of hydrogen-bond donors (Lipinski definition) is 0. The first-order valence-electron chi connectivity index (χ1n) is 6.31. The van der Waals surface area contributed by atoms with E-state index >= 15 is 0 Å². The molecule has 98 valence electrons. The lowest BCUT2D eigenvalue weighted by molar-refractivity contribution is 0.989. The highest BCUT2D eigenvalue weighted by molar-refractivity contribution is 6.31. The molecule has 4 rings (SSSR count). The van der Waals surface area contributed by atoms with Crippen LogP contribution in [0.3, 0.4) is 0 Å². The quantitative estimate of drug-likeness (QED) is 0.495. The molecule has 0 fully saturated rings. The predicted molar refractivity (Wildman–Crippen MR) is 81.1 cm³/mol. The number of hydrogen-bond acceptors (Lipinski definition) is 3. The number of fused-ring (bicyclic) bond motifs is 4. The molecule has 4 nitrogen and oxygen atoms in total. The van der Waals surface area contributed by atoms with Gasteiger partial charge in [-0.25, -0.2) is 15.0 Å². The summed E-state index contributed by atoms with van der Waals surface area (Å²) in [5.74, 6) is 0. The van der Waals surface area contributed by atoms with Crippen molar-refractivity contribution in [1.29, 1.82) is 0 Å². The molecule has 3 heterocycles. The van der Waals surface area contributed by atoms with Gasteiger partial charge in [0.05, 0.1) is 10.5 Å². The molecule has 0 aliphatic carbocycles. The maximum absolute atomic E-state index is 5.98. The van der Waals surface area contributed by atoms with E-state index in [2.05, 4.69) is 35.1 Å². The van der Waals surface area contributed by atoms with Gasteiger partial charge in [0.1, 0.15) is 11.0 Å². The highest BCUT2D eigenvalue weighted by Crippen LogP contribution is 2.28. The maximum atomic E-state index is 5.98. The molecular weight excluding hydrogens is 272 g/mol. The van der Waals surface area contributed by atoms with Crippen LogP contribution in [0, 0.1) is 6.92 Å². The Kier molecular flexibility index (Phi) is 2.26. The molecule has 0 unspecified atom stereocenters. The molecule has 0 spiro atoms. The lowest BCUT2D eigenvalue weighted by Crippen LogP contribution is -1.93. The summed E-state index contributed by atoms with van der Waals surface area (Å²) in [6, 6.07) is 8.12. The number of benzene rings is 1. The molecule has 4 aromatic rings. The van der Waals surface area contributed by atoms with Gasteiger partial charge in [-0.05, 0) is 25.1 Å².